The number of rotatable bonds is 3. The smallest absolute Gasteiger partial charge is 0.228 e. The fourth-order valence-electron chi connectivity index (χ4n) is 2.26. The summed E-state index contributed by atoms with van der Waals surface area (Å²) in [7, 11) is 0. The van der Waals surface area contributed by atoms with Crippen LogP contribution in [0.15, 0.2) is 23.6 Å². The molecule has 96 valence electrons. The van der Waals surface area contributed by atoms with E-state index in [9.17, 15) is 4.79 Å². The molecule has 19 heavy (non-hydrogen) atoms. The average Bonchev–Trinajstić information content (AvgIpc) is 2.94. The number of aromatic nitrogens is 1. The Labute approximate surface area is 114 Å². The highest BCUT2D eigenvalue weighted by atomic mass is 32.1. The molecule has 4 rings (SSSR count). The van der Waals surface area contributed by atoms with E-state index in [1.165, 1.54) is 12.8 Å². The van der Waals surface area contributed by atoms with Crippen molar-refractivity contribution in [2.75, 3.05) is 10.6 Å². The van der Waals surface area contributed by atoms with Crippen molar-refractivity contribution in [2.45, 2.75) is 25.3 Å². The highest BCUT2D eigenvalue weighted by molar-refractivity contribution is 7.14. The zero-order valence-corrected chi connectivity index (χ0v) is 11.1. The Morgan fingerprint density at radius 1 is 1.37 bits per heavy atom. The Kier molecular flexibility index (Phi) is 2.35. The zero-order chi connectivity index (χ0) is 12.8. The van der Waals surface area contributed by atoms with Gasteiger partial charge in [-0.05, 0) is 30.5 Å². The lowest BCUT2D eigenvalue weighted by Crippen LogP contribution is -2.03. The third-order valence-electron chi connectivity index (χ3n) is 3.44. The molecule has 2 N–H and O–H groups in total. The summed E-state index contributed by atoms with van der Waals surface area (Å²) in [6, 6.07) is 6.66. The van der Waals surface area contributed by atoms with Gasteiger partial charge >= 0.3 is 0 Å². The second-order valence-corrected chi connectivity index (χ2v) is 5.91. The van der Waals surface area contributed by atoms with Gasteiger partial charge in [-0.2, -0.15) is 0 Å². The fourth-order valence-corrected chi connectivity index (χ4v) is 3.06. The molecule has 1 fully saturated rings. The van der Waals surface area contributed by atoms with E-state index in [2.05, 4.69) is 27.1 Å². The number of benzene rings is 1. The second-order valence-electron chi connectivity index (χ2n) is 5.05. The molecule has 1 aromatic heterocycles. The molecule has 0 radical (unpaired) electrons. The highest BCUT2D eigenvalue weighted by Crippen LogP contribution is 2.32. The van der Waals surface area contributed by atoms with Crippen LogP contribution < -0.4 is 10.6 Å². The quantitative estimate of drug-likeness (QED) is 0.902. The summed E-state index contributed by atoms with van der Waals surface area (Å²) in [6.07, 6.45) is 2.98. The maximum Gasteiger partial charge on any atom is 0.228 e. The third-order valence-corrected chi connectivity index (χ3v) is 4.21. The first-order valence-corrected chi connectivity index (χ1v) is 7.31. The number of hydrogen-bond acceptors (Lipinski definition) is 4. The molecule has 0 spiro atoms. The van der Waals surface area contributed by atoms with Gasteiger partial charge in [0.05, 0.1) is 12.1 Å². The van der Waals surface area contributed by atoms with Crippen molar-refractivity contribution in [3.8, 4) is 11.3 Å². The van der Waals surface area contributed by atoms with Gasteiger partial charge in [-0.25, -0.2) is 4.98 Å². The van der Waals surface area contributed by atoms with Crippen LogP contribution in [0.3, 0.4) is 0 Å². The first-order valence-electron chi connectivity index (χ1n) is 6.43. The maximum atomic E-state index is 11.3. The van der Waals surface area contributed by atoms with E-state index in [0.717, 1.165) is 27.6 Å². The number of fused-ring (bicyclic) bond motifs is 1. The lowest BCUT2D eigenvalue weighted by Gasteiger charge is -2.01. The molecule has 1 saturated carbocycles. The molecule has 2 heterocycles. The number of amides is 1. The summed E-state index contributed by atoms with van der Waals surface area (Å²) in [4.78, 5) is 16.0. The van der Waals surface area contributed by atoms with Gasteiger partial charge in [0, 0.05) is 22.7 Å². The van der Waals surface area contributed by atoms with Gasteiger partial charge in [0.15, 0.2) is 5.13 Å². The van der Waals surface area contributed by atoms with Gasteiger partial charge in [-0.3, -0.25) is 4.79 Å². The van der Waals surface area contributed by atoms with Crippen LogP contribution in [0.2, 0.25) is 0 Å². The van der Waals surface area contributed by atoms with Crippen LogP contribution in [0.4, 0.5) is 10.8 Å². The molecule has 0 atom stereocenters. The zero-order valence-electron chi connectivity index (χ0n) is 10.3. The van der Waals surface area contributed by atoms with E-state index in [1.54, 1.807) is 11.3 Å². The summed E-state index contributed by atoms with van der Waals surface area (Å²) >= 11 is 1.64. The number of anilines is 2. The molecular weight excluding hydrogens is 258 g/mol. The van der Waals surface area contributed by atoms with Crippen LogP contribution in [0.1, 0.15) is 18.4 Å². The molecule has 1 amide bonds. The minimum Gasteiger partial charge on any atom is -0.359 e. The van der Waals surface area contributed by atoms with Crippen LogP contribution in [0.5, 0.6) is 0 Å². The maximum absolute atomic E-state index is 11.3. The lowest BCUT2D eigenvalue weighted by molar-refractivity contribution is -0.115. The first kappa shape index (κ1) is 11.0. The summed E-state index contributed by atoms with van der Waals surface area (Å²) in [6.45, 7) is 0. The van der Waals surface area contributed by atoms with Gasteiger partial charge in [0.25, 0.3) is 0 Å². The highest BCUT2D eigenvalue weighted by Gasteiger charge is 2.22. The Hall–Kier alpha value is -1.88. The number of carbonyl (C=O) groups is 1. The molecule has 1 aliphatic heterocycles. The molecule has 0 saturated heterocycles. The Morgan fingerprint density at radius 2 is 2.26 bits per heavy atom. The molecule has 2 aromatic rings. The van der Waals surface area contributed by atoms with Crippen molar-refractivity contribution in [3.63, 3.8) is 0 Å². The standard InChI is InChI=1S/C14H13N3OS/c18-13-6-9-5-8(1-4-11(9)16-13)12-7-19-14(17-12)15-10-2-3-10/h1,4-5,7,10H,2-3,6H2,(H,15,17)(H,16,18). The number of carbonyl (C=O) groups excluding carboxylic acids is 1. The molecule has 5 heteroatoms. The van der Waals surface area contributed by atoms with Gasteiger partial charge < -0.3 is 10.6 Å². The van der Waals surface area contributed by atoms with E-state index in [1.807, 2.05) is 12.1 Å². The number of nitrogens with zero attached hydrogens (tertiary/aromatic N) is 1. The van der Waals surface area contributed by atoms with Crippen molar-refractivity contribution in [2.24, 2.45) is 0 Å². The molecule has 1 aromatic carbocycles. The third kappa shape index (κ3) is 2.10. The van der Waals surface area contributed by atoms with Crippen LogP contribution in [0.25, 0.3) is 11.3 Å². The molecule has 0 bridgehead atoms. The van der Waals surface area contributed by atoms with E-state index in [4.69, 9.17) is 0 Å². The van der Waals surface area contributed by atoms with E-state index >= 15 is 0 Å². The molecule has 4 nitrogen and oxygen atoms in total. The van der Waals surface area contributed by atoms with Gasteiger partial charge in [0.2, 0.25) is 5.91 Å². The van der Waals surface area contributed by atoms with Crippen molar-refractivity contribution >= 4 is 28.1 Å². The number of thiazole rings is 1. The monoisotopic (exact) mass is 271 g/mol. The number of nitrogens with one attached hydrogen (secondary N) is 2. The predicted octanol–water partition coefficient (Wildman–Crippen LogP) is 2.88. The van der Waals surface area contributed by atoms with Crippen LogP contribution in [-0.4, -0.2) is 16.9 Å². The Morgan fingerprint density at radius 3 is 3.11 bits per heavy atom. The van der Waals surface area contributed by atoms with E-state index in [0.29, 0.717) is 12.5 Å². The SMILES string of the molecule is O=C1Cc2cc(-c3csc(NC4CC4)n3)ccc2N1. The largest absolute Gasteiger partial charge is 0.359 e. The summed E-state index contributed by atoms with van der Waals surface area (Å²) in [5, 5.41) is 9.31. The predicted molar refractivity (Wildman–Crippen MR) is 76.5 cm³/mol. The summed E-state index contributed by atoms with van der Waals surface area (Å²) < 4.78 is 0. The van der Waals surface area contributed by atoms with Crippen molar-refractivity contribution < 1.29 is 4.79 Å². The van der Waals surface area contributed by atoms with Crippen molar-refractivity contribution in [1.29, 1.82) is 0 Å². The summed E-state index contributed by atoms with van der Waals surface area (Å²) in [5.74, 6) is 0.0708. The molecule has 1 aliphatic carbocycles. The normalized spacial score (nSPS) is 17.2. The fraction of sp³-hybridized carbons (Fsp3) is 0.286. The Bertz CT molecular complexity index is 660. The first-order chi connectivity index (χ1) is 9.28. The van der Waals surface area contributed by atoms with Gasteiger partial charge in [0.1, 0.15) is 0 Å². The van der Waals surface area contributed by atoms with Crippen LogP contribution >= 0.6 is 11.3 Å². The minimum atomic E-state index is 0.0708. The molecule has 0 unspecified atom stereocenters. The lowest BCUT2D eigenvalue weighted by atomic mass is 10.1. The second kappa shape index (κ2) is 4.06. The van der Waals surface area contributed by atoms with E-state index in [-0.39, 0.29) is 5.91 Å². The average molecular weight is 271 g/mol. The molecular formula is C14H13N3OS. The van der Waals surface area contributed by atoms with Crippen molar-refractivity contribution in [3.05, 3.63) is 29.1 Å². The van der Waals surface area contributed by atoms with Gasteiger partial charge in [-0.15, -0.1) is 11.3 Å². The van der Waals surface area contributed by atoms with Gasteiger partial charge in [-0.1, -0.05) is 6.07 Å². The van der Waals surface area contributed by atoms with Crippen LogP contribution in [-0.2, 0) is 11.2 Å². The van der Waals surface area contributed by atoms with Crippen molar-refractivity contribution in [1.82, 2.24) is 4.98 Å². The van der Waals surface area contributed by atoms with Crippen LogP contribution in [0, 0.1) is 0 Å². The molecule has 2 aliphatic rings. The minimum absolute atomic E-state index is 0.0708. The Balaban J connectivity index is 1.63. The summed E-state index contributed by atoms with van der Waals surface area (Å²) in [5.41, 5.74) is 4.05. The van der Waals surface area contributed by atoms with E-state index < -0.39 is 0 Å². The topological polar surface area (TPSA) is 54.0 Å². The number of hydrogen-bond donors (Lipinski definition) is 2.